The average molecular weight is 364 g/mol. The molecule has 1 saturated heterocycles. The van der Waals surface area contributed by atoms with Crippen LogP contribution in [0.25, 0.3) is 11.1 Å². The summed E-state index contributed by atoms with van der Waals surface area (Å²) in [6.45, 7) is 3.61. The van der Waals surface area contributed by atoms with Gasteiger partial charge in [0.2, 0.25) is 0 Å². The van der Waals surface area contributed by atoms with Crippen molar-refractivity contribution in [3.63, 3.8) is 0 Å². The zero-order valence-corrected chi connectivity index (χ0v) is 15.6. The van der Waals surface area contributed by atoms with Crippen molar-refractivity contribution in [2.24, 2.45) is 0 Å². The highest BCUT2D eigenvalue weighted by Gasteiger charge is 2.27. The Morgan fingerprint density at radius 2 is 1.89 bits per heavy atom. The molecule has 1 aromatic heterocycles. The molecule has 0 radical (unpaired) electrons. The van der Waals surface area contributed by atoms with Crippen molar-refractivity contribution in [1.82, 2.24) is 9.88 Å². The molecule has 5 heteroatoms. The number of hydrogen-bond donors (Lipinski definition) is 0. The Bertz CT molecular complexity index is 876. The summed E-state index contributed by atoms with van der Waals surface area (Å²) in [6, 6.07) is 15.7. The zero-order valence-electron chi connectivity index (χ0n) is 15.6. The quantitative estimate of drug-likeness (QED) is 0.682. The fraction of sp³-hybridized carbons (Fsp3) is 0.364. The van der Waals surface area contributed by atoms with E-state index in [2.05, 4.69) is 11.9 Å². The van der Waals surface area contributed by atoms with E-state index in [-0.39, 0.29) is 18.4 Å². The van der Waals surface area contributed by atoms with Crippen LogP contribution >= 0.6 is 0 Å². The predicted molar refractivity (Wildman–Crippen MR) is 104 cm³/mol. The number of oxazole rings is 1. The minimum atomic E-state index is 0.0329. The van der Waals surface area contributed by atoms with E-state index < -0.39 is 0 Å². The maximum atomic E-state index is 12.4. The Morgan fingerprint density at radius 1 is 1.15 bits per heavy atom. The molecule has 0 atom stereocenters. The smallest absolute Gasteiger partial charge is 0.260 e. The first kappa shape index (κ1) is 17.6. The molecule has 1 amide bonds. The topological polar surface area (TPSA) is 55.6 Å². The van der Waals surface area contributed by atoms with Gasteiger partial charge in [0.1, 0.15) is 11.3 Å². The van der Waals surface area contributed by atoms with Crippen molar-refractivity contribution >= 4 is 17.0 Å². The van der Waals surface area contributed by atoms with Crippen LogP contribution in [-0.2, 0) is 11.2 Å². The van der Waals surface area contributed by atoms with E-state index in [0.717, 1.165) is 42.0 Å². The first-order valence-electron chi connectivity index (χ1n) is 9.58. The molecule has 1 fully saturated rings. The average Bonchev–Trinajstić information content (AvgIpc) is 3.17. The van der Waals surface area contributed by atoms with Crippen LogP contribution in [0.15, 0.2) is 52.9 Å². The first-order chi connectivity index (χ1) is 13.2. The molecular formula is C22H24N2O3. The van der Waals surface area contributed by atoms with Crippen molar-refractivity contribution in [1.29, 1.82) is 0 Å². The number of amides is 1. The van der Waals surface area contributed by atoms with Crippen LogP contribution in [0.3, 0.4) is 0 Å². The van der Waals surface area contributed by atoms with Gasteiger partial charge in [-0.2, -0.15) is 0 Å². The van der Waals surface area contributed by atoms with E-state index >= 15 is 0 Å². The van der Waals surface area contributed by atoms with E-state index in [9.17, 15) is 4.79 Å². The van der Waals surface area contributed by atoms with Gasteiger partial charge in [-0.15, -0.1) is 0 Å². The predicted octanol–water partition coefficient (Wildman–Crippen LogP) is 4.18. The minimum Gasteiger partial charge on any atom is -0.484 e. The van der Waals surface area contributed by atoms with Gasteiger partial charge in [0.15, 0.2) is 18.1 Å². The van der Waals surface area contributed by atoms with Gasteiger partial charge in [0.25, 0.3) is 5.91 Å². The number of para-hydroxylation sites is 2. The molecule has 0 saturated carbocycles. The molecule has 0 bridgehead atoms. The van der Waals surface area contributed by atoms with E-state index in [4.69, 9.17) is 9.15 Å². The van der Waals surface area contributed by atoms with Crippen LogP contribution < -0.4 is 4.74 Å². The fourth-order valence-corrected chi connectivity index (χ4v) is 3.50. The molecule has 3 aromatic rings. The third kappa shape index (κ3) is 3.97. The first-order valence-corrected chi connectivity index (χ1v) is 9.58. The second-order valence-corrected chi connectivity index (χ2v) is 6.96. The molecule has 5 nitrogen and oxygen atoms in total. The summed E-state index contributed by atoms with van der Waals surface area (Å²) >= 11 is 0. The number of ether oxygens (including phenoxy) is 1. The molecule has 4 rings (SSSR count). The van der Waals surface area contributed by atoms with Gasteiger partial charge in [-0.05, 0) is 49.1 Å². The lowest BCUT2D eigenvalue weighted by Gasteiger charge is -2.30. The number of carbonyl (C=O) groups excluding carboxylic acids is 1. The van der Waals surface area contributed by atoms with E-state index in [1.807, 2.05) is 53.4 Å². The second kappa shape index (κ2) is 7.82. The van der Waals surface area contributed by atoms with Gasteiger partial charge in [-0.25, -0.2) is 4.98 Å². The Kier molecular flexibility index (Phi) is 5.10. The number of rotatable bonds is 5. The van der Waals surface area contributed by atoms with Crippen LogP contribution in [0.1, 0.15) is 37.1 Å². The Balaban J connectivity index is 1.29. The van der Waals surface area contributed by atoms with Gasteiger partial charge >= 0.3 is 0 Å². The largest absolute Gasteiger partial charge is 0.484 e. The highest BCUT2D eigenvalue weighted by atomic mass is 16.5. The normalized spacial score (nSPS) is 15.2. The third-order valence-corrected chi connectivity index (χ3v) is 5.20. The minimum absolute atomic E-state index is 0.0329. The highest BCUT2D eigenvalue weighted by molar-refractivity contribution is 5.78. The third-order valence-electron chi connectivity index (χ3n) is 5.20. The molecule has 2 heterocycles. The van der Waals surface area contributed by atoms with Crippen molar-refractivity contribution in [2.45, 2.75) is 32.1 Å². The van der Waals surface area contributed by atoms with Gasteiger partial charge in [0.05, 0.1) is 0 Å². The van der Waals surface area contributed by atoms with Crippen molar-refractivity contribution in [2.75, 3.05) is 19.7 Å². The highest BCUT2D eigenvalue weighted by Crippen LogP contribution is 2.30. The zero-order chi connectivity index (χ0) is 18.6. The molecule has 1 aliphatic heterocycles. The van der Waals surface area contributed by atoms with Crippen LogP contribution in [0.4, 0.5) is 0 Å². The maximum absolute atomic E-state index is 12.4. The summed E-state index contributed by atoms with van der Waals surface area (Å²) in [7, 11) is 0. The number of carbonyl (C=O) groups is 1. The maximum Gasteiger partial charge on any atom is 0.260 e. The second-order valence-electron chi connectivity index (χ2n) is 6.96. The summed E-state index contributed by atoms with van der Waals surface area (Å²) in [5, 5.41) is 0. The Labute approximate surface area is 158 Å². The van der Waals surface area contributed by atoms with Gasteiger partial charge in [-0.3, -0.25) is 4.79 Å². The SMILES string of the molecule is CCc1ccc(OCC(=O)N2CCC(c3nc4ccccc4o3)CC2)cc1. The van der Waals surface area contributed by atoms with E-state index in [0.29, 0.717) is 13.1 Å². The summed E-state index contributed by atoms with van der Waals surface area (Å²) in [6.07, 6.45) is 2.72. The van der Waals surface area contributed by atoms with Crippen molar-refractivity contribution < 1.29 is 13.9 Å². The number of aromatic nitrogens is 1. The van der Waals surface area contributed by atoms with Crippen molar-refractivity contribution in [3.8, 4) is 5.75 Å². The molecule has 0 unspecified atom stereocenters. The molecule has 2 aromatic carbocycles. The molecular weight excluding hydrogens is 340 g/mol. The van der Waals surface area contributed by atoms with E-state index in [1.165, 1.54) is 5.56 Å². The lowest BCUT2D eigenvalue weighted by atomic mass is 9.97. The number of benzene rings is 2. The van der Waals surface area contributed by atoms with Gasteiger partial charge < -0.3 is 14.1 Å². The monoisotopic (exact) mass is 364 g/mol. The number of aryl methyl sites for hydroxylation is 1. The summed E-state index contributed by atoms with van der Waals surface area (Å²) < 4.78 is 11.5. The summed E-state index contributed by atoms with van der Waals surface area (Å²) in [4.78, 5) is 18.9. The molecule has 0 N–H and O–H groups in total. The standard InChI is InChI=1S/C22H24N2O3/c1-2-16-7-9-18(10-8-16)26-15-21(25)24-13-11-17(12-14-24)22-23-19-5-3-4-6-20(19)27-22/h3-10,17H,2,11-15H2,1H3. The van der Waals surface area contributed by atoms with Crippen LogP contribution in [0.5, 0.6) is 5.75 Å². The summed E-state index contributed by atoms with van der Waals surface area (Å²) in [5.74, 6) is 1.83. The number of likely N-dealkylation sites (tertiary alicyclic amines) is 1. The molecule has 1 aliphatic rings. The Hall–Kier alpha value is -2.82. The fourth-order valence-electron chi connectivity index (χ4n) is 3.50. The number of piperidine rings is 1. The Morgan fingerprint density at radius 3 is 2.59 bits per heavy atom. The van der Waals surface area contributed by atoms with Gasteiger partial charge in [-0.1, -0.05) is 31.2 Å². The van der Waals surface area contributed by atoms with Crippen LogP contribution in [-0.4, -0.2) is 35.5 Å². The number of hydrogen-bond acceptors (Lipinski definition) is 4. The lowest BCUT2D eigenvalue weighted by molar-refractivity contribution is -0.134. The number of nitrogens with zero attached hydrogens (tertiary/aromatic N) is 2. The van der Waals surface area contributed by atoms with E-state index in [1.54, 1.807) is 0 Å². The molecule has 0 aliphatic carbocycles. The van der Waals surface area contributed by atoms with Crippen LogP contribution in [0.2, 0.25) is 0 Å². The number of fused-ring (bicyclic) bond motifs is 1. The van der Waals surface area contributed by atoms with Crippen LogP contribution in [0, 0.1) is 0 Å². The molecule has 140 valence electrons. The summed E-state index contributed by atoms with van der Waals surface area (Å²) in [5.41, 5.74) is 2.98. The molecule has 27 heavy (non-hydrogen) atoms. The molecule has 0 spiro atoms. The lowest BCUT2D eigenvalue weighted by Crippen LogP contribution is -2.40. The van der Waals surface area contributed by atoms with Crippen molar-refractivity contribution in [3.05, 3.63) is 60.0 Å². The van der Waals surface area contributed by atoms with Gasteiger partial charge in [0, 0.05) is 19.0 Å².